The van der Waals surface area contributed by atoms with Crippen molar-refractivity contribution in [2.45, 2.75) is 39.2 Å². The van der Waals surface area contributed by atoms with Crippen LogP contribution in [0, 0.1) is 0 Å². The summed E-state index contributed by atoms with van der Waals surface area (Å²) in [4.78, 5) is 47.8. The molecule has 0 amide bonds. The predicted molar refractivity (Wildman–Crippen MR) is 121 cm³/mol. The van der Waals surface area contributed by atoms with Crippen molar-refractivity contribution in [1.29, 1.82) is 0 Å². The number of pyridine rings is 1. The monoisotopic (exact) mass is 435 g/mol. The van der Waals surface area contributed by atoms with Crippen molar-refractivity contribution in [3.05, 3.63) is 63.9 Å². The molecule has 0 aliphatic carbocycles. The van der Waals surface area contributed by atoms with Crippen LogP contribution in [0.5, 0.6) is 5.75 Å². The maximum absolute atomic E-state index is 12.7. The molecule has 0 fully saturated rings. The van der Waals surface area contributed by atoms with Gasteiger partial charge in [-0.05, 0) is 56.2 Å². The molecule has 1 N–H and O–H groups in total. The number of carbonyl (C=O) groups excluding carboxylic acids is 3. The van der Waals surface area contributed by atoms with Gasteiger partial charge in [-0.1, -0.05) is 18.2 Å². The number of ketones is 1. The number of fused-ring (bicyclic) bond motifs is 1. The topological polar surface area (TPSA) is 103 Å². The summed E-state index contributed by atoms with van der Waals surface area (Å²) in [7, 11) is 1.52. The van der Waals surface area contributed by atoms with Gasteiger partial charge in [-0.15, -0.1) is 0 Å². The molecule has 0 aliphatic rings. The molecule has 0 saturated carbocycles. The van der Waals surface area contributed by atoms with Gasteiger partial charge in [0.1, 0.15) is 23.2 Å². The Kier molecular flexibility index (Phi) is 6.30. The summed E-state index contributed by atoms with van der Waals surface area (Å²) in [5.74, 6) is -1.37. The first-order chi connectivity index (χ1) is 15.0. The summed E-state index contributed by atoms with van der Waals surface area (Å²) >= 11 is 0. The van der Waals surface area contributed by atoms with Gasteiger partial charge in [-0.25, -0.2) is 4.79 Å². The largest absolute Gasteiger partial charge is 0.506 e. The van der Waals surface area contributed by atoms with Crippen LogP contribution in [0.3, 0.4) is 0 Å². The number of esters is 1. The van der Waals surface area contributed by atoms with E-state index in [-0.39, 0.29) is 24.2 Å². The molecule has 1 heterocycles. The molecular formula is C25H25NO6. The molecule has 0 saturated heterocycles. The average Bonchev–Trinajstić information content (AvgIpc) is 2.75. The number of benzene rings is 2. The van der Waals surface area contributed by atoms with Crippen LogP contribution < -0.4 is 5.56 Å². The lowest BCUT2D eigenvalue weighted by Gasteiger charge is -2.19. The summed E-state index contributed by atoms with van der Waals surface area (Å²) in [5, 5.41) is 11.0. The van der Waals surface area contributed by atoms with E-state index < -0.39 is 22.9 Å². The summed E-state index contributed by atoms with van der Waals surface area (Å²) in [6, 6.07) is 12.0. The fourth-order valence-electron chi connectivity index (χ4n) is 3.40. The summed E-state index contributed by atoms with van der Waals surface area (Å²) in [6.45, 7) is 5.40. The maximum atomic E-state index is 12.7. The van der Waals surface area contributed by atoms with E-state index in [1.165, 1.54) is 11.6 Å². The minimum absolute atomic E-state index is 0.0162. The zero-order valence-corrected chi connectivity index (χ0v) is 18.5. The highest BCUT2D eigenvalue weighted by Gasteiger charge is 2.21. The predicted octanol–water partition coefficient (Wildman–Crippen LogP) is 4.03. The molecule has 0 unspecified atom stereocenters. The lowest BCUT2D eigenvalue weighted by atomic mass is 9.99. The van der Waals surface area contributed by atoms with Crippen LogP contribution in [0.4, 0.5) is 0 Å². The molecule has 3 aromatic rings. The first-order valence-corrected chi connectivity index (χ1v) is 10.2. The van der Waals surface area contributed by atoms with Crippen LogP contribution in [-0.2, 0) is 16.6 Å². The first kappa shape index (κ1) is 22.9. The van der Waals surface area contributed by atoms with Gasteiger partial charge in [0.15, 0.2) is 5.78 Å². The van der Waals surface area contributed by atoms with E-state index in [1.54, 1.807) is 63.2 Å². The van der Waals surface area contributed by atoms with Gasteiger partial charge in [-0.2, -0.15) is 0 Å². The fourth-order valence-corrected chi connectivity index (χ4v) is 3.40. The number of aryl methyl sites for hydroxylation is 1. The van der Waals surface area contributed by atoms with Gasteiger partial charge < -0.3 is 19.2 Å². The molecule has 0 atom stereocenters. The molecule has 7 nitrogen and oxygen atoms in total. The van der Waals surface area contributed by atoms with Crippen LogP contribution in [0.2, 0.25) is 0 Å². The van der Waals surface area contributed by atoms with Crippen molar-refractivity contribution in [2.24, 2.45) is 7.05 Å². The van der Waals surface area contributed by atoms with Crippen LogP contribution in [0.1, 0.15) is 54.3 Å². The summed E-state index contributed by atoms with van der Waals surface area (Å²) in [5.41, 5.74) is 0.926. The number of hydrogen-bond acceptors (Lipinski definition) is 6. The molecule has 0 aliphatic heterocycles. The third-order valence-electron chi connectivity index (χ3n) is 4.99. The van der Waals surface area contributed by atoms with Crippen molar-refractivity contribution in [2.75, 3.05) is 0 Å². The normalized spacial score (nSPS) is 11.4. The smallest absolute Gasteiger partial charge is 0.338 e. The van der Waals surface area contributed by atoms with Gasteiger partial charge >= 0.3 is 5.97 Å². The lowest BCUT2D eigenvalue weighted by molar-refractivity contribution is -0.107. The molecule has 7 heteroatoms. The van der Waals surface area contributed by atoms with Crippen molar-refractivity contribution < 1.29 is 24.2 Å². The number of nitrogens with zero attached hydrogens (tertiary/aromatic N) is 1. The minimum atomic E-state index is -0.622. The fraction of sp³-hybridized carbons (Fsp3) is 0.280. The number of carbonyl (C=O) groups is 3. The Balaban J connectivity index is 2.01. The van der Waals surface area contributed by atoms with E-state index in [1.807, 2.05) is 0 Å². The van der Waals surface area contributed by atoms with E-state index in [4.69, 9.17) is 4.74 Å². The molecule has 1 aromatic heterocycles. The third kappa shape index (κ3) is 4.61. The van der Waals surface area contributed by atoms with E-state index in [9.17, 15) is 24.3 Å². The van der Waals surface area contributed by atoms with Crippen molar-refractivity contribution in [1.82, 2.24) is 4.57 Å². The Morgan fingerprint density at radius 3 is 2.28 bits per heavy atom. The van der Waals surface area contributed by atoms with Gasteiger partial charge in [0.25, 0.3) is 5.56 Å². The number of rotatable bonds is 6. The number of ether oxygens (including phenoxy) is 1. The SMILES string of the molecule is Cn1c(=O)c(C(=O)CCC=O)c(O)c2ccc(-c3ccc(C(=O)OC(C)(C)C)cc3)cc21. The van der Waals surface area contributed by atoms with Crippen molar-refractivity contribution >= 4 is 28.9 Å². The summed E-state index contributed by atoms with van der Waals surface area (Å²) in [6.07, 6.45) is 0.443. The van der Waals surface area contributed by atoms with E-state index >= 15 is 0 Å². The first-order valence-electron chi connectivity index (χ1n) is 10.2. The van der Waals surface area contributed by atoms with E-state index in [0.29, 0.717) is 22.8 Å². The average molecular weight is 435 g/mol. The standard InChI is InChI=1S/C25H25NO6/c1-25(2,3)32-24(31)16-9-7-15(8-10-16)17-11-12-18-19(14-17)26(4)23(30)21(22(18)29)20(28)6-5-13-27/h7-14,29H,5-6H2,1-4H3. The van der Waals surface area contributed by atoms with Crippen molar-refractivity contribution in [3.8, 4) is 16.9 Å². The molecule has 166 valence electrons. The molecule has 2 aromatic carbocycles. The number of aromatic hydroxyl groups is 1. The zero-order valence-electron chi connectivity index (χ0n) is 18.5. The van der Waals surface area contributed by atoms with Crippen LogP contribution >= 0.6 is 0 Å². The highest BCUT2D eigenvalue weighted by Crippen LogP contribution is 2.31. The zero-order chi connectivity index (χ0) is 23.6. The molecule has 0 bridgehead atoms. The maximum Gasteiger partial charge on any atom is 0.338 e. The van der Waals surface area contributed by atoms with Crippen LogP contribution in [0.15, 0.2) is 47.3 Å². The van der Waals surface area contributed by atoms with E-state index in [2.05, 4.69) is 0 Å². The second-order valence-electron chi connectivity index (χ2n) is 8.53. The minimum Gasteiger partial charge on any atom is -0.506 e. The third-order valence-corrected chi connectivity index (χ3v) is 4.99. The molecular weight excluding hydrogens is 410 g/mol. The van der Waals surface area contributed by atoms with Crippen molar-refractivity contribution in [3.63, 3.8) is 0 Å². The highest BCUT2D eigenvalue weighted by atomic mass is 16.6. The molecule has 32 heavy (non-hydrogen) atoms. The molecule has 0 spiro atoms. The number of aldehydes is 1. The Morgan fingerprint density at radius 1 is 1.06 bits per heavy atom. The van der Waals surface area contributed by atoms with Crippen LogP contribution in [-0.4, -0.2) is 33.3 Å². The van der Waals surface area contributed by atoms with Gasteiger partial charge in [-0.3, -0.25) is 9.59 Å². The Labute approximate surface area is 185 Å². The quantitative estimate of drug-likeness (QED) is 0.356. The second-order valence-corrected chi connectivity index (χ2v) is 8.53. The Bertz CT molecular complexity index is 1260. The second kappa shape index (κ2) is 8.78. The van der Waals surface area contributed by atoms with Gasteiger partial charge in [0, 0.05) is 25.3 Å². The lowest BCUT2D eigenvalue weighted by Crippen LogP contribution is -2.25. The number of aromatic nitrogens is 1. The Morgan fingerprint density at radius 2 is 1.69 bits per heavy atom. The van der Waals surface area contributed by atoms with E-state index in [0.717, 1.165) is 11.1 Å². The molecule has 0 radical (unpaired) electrons. The van der Waals surface area contributed by atoms with Crippen LogP contribution in [0.25, 0.3) is 22.0 Å². The van der Waals surface area contributed by atoms with Gasteiger partial charge in [0.2, 0.25) is 0 Å². The summed E-state index contributed by atoms with van der Waals surface area (Å²) < 4.78 is 6.68. The number of hydrogen-bond donors (Lipinski definition) is 1. The highest BCUT2D eigenvalue weighted by molar-refractivity contribution is 6.04. The molecule has 3 rings (SSSR count). The Hall–Kier alpha value is -3.74. The number of Topliss-reactive ketones (excluding diaryl/α,β-unsaturated/α-hetero) is 1. The van der Waals surface area contributed by atoms with Gasteiger partial charge in [0.05, 0.1) is 11.1 Å².